The number of hydrogen-bond acceptors (Lipinski definition) is 1. The number of halogens is 2. The number of benzene rings is 1. The fourth-order valence-corrected chi connectivity index (χ4v) is 3.11. The zero-order chi connectivity index (χ0) is 13.7. The molecule has 0 unspecified atom stereocenters. The molecule has 0 heterocycles. The highest BCUT2D eigenvalue weighted by atomic mass is 35.5. The van der Waals surface area contributed by atoms with Gasteiger partial charge in [-0.1, -0.05) is 42.6 Å². The predicted molar refractivity (Wildman–Crippen MR) is 79.8 cm³/mol. The first kappa shape index (κ1) is 14.7. The lowest BCUT2D eigenvalue weighted by Gasteiger charge is -2.28. The smallest absolute Gasteiger partial charge is 0.227 e. The average molecular weight is 300 g/mol. The second-order valence-corrected chi connectivity index (χ2v) is 5.77. The van der Waals surface area contributed by atoms with Gasteiger partial charge in [-0.2, -0.15) is 0 Å². The summed E-state index contributed by atoms with van der Waals surface area (Å²) < 4.78 is 0. The van der Waals surface area contributed by atoms with Crippen LogP contribution in [0.5, 0.6) is 0 Å². The molecule has 104 valence electrons. The molecule has 19 heavy (non-hydrogen) atoms. The van der Waals surface area contributed by atoms with Crippen LogP contribution >= 0.6 is 23.2 Å². The summed E-state index contributed by atoms with van der Waals surface area (Å²) in [6, 6.07) is 7.90. The molecule has 0 radical (unpaired) electrons. The van der Waals surface area contributed by atoms with Crippen LogP contribution in [0.1, 0.15) is 31.2 Å². The Hall–Kier alpha value is -0.730. The first-order chi connectivity index (χ1) is 9.22. The molecule has 0 aromatic heterocycles. The summed E-state index contributed by atoms with van der Waals surface area (Å²) in [7, 11) is 0. The van der Waals surface area contributed by atoms with Crippen LogP contribution in [0.3, 0.4) is 0 Å². The van der Waals surface area contributed by atoms with Gasteiger partial charge in [0.05, 0.1) is 6.42 Å². The van der Waals surface area contributed by atoms with Crippen molar-refractivity contribution >= 4 is 29.1 Å². The van der Waals surface area contributed by atoms with E-state index >= 15 is 0 Å². The number of carbonyl (C=O) groups is 1. The Morgan fingerprint density at radius 1 is 1.26 bits per heavy atom. The molecule has 1 amide bonds. The van der Waals surface area contributed by atoms with Crippen molar-refractivity contribution in [2.45, 2.75) is 38.1 Å². The van der Waals surface area contributed by atoms with Crippen LogP contribution < -0.4 is 0 Å². The van der Waals surface area contributed by atoms with Crippen molar-refractivity contribution < 1.29 is 4.79 Å². The van der Waals surface area contributed by atoms with Gasteiger partial charge in [0, 0.05) is 23.5 Å². The summed E-state index contributed by atoms with van der Waals surface area (Å²) in [5, 5.41) is 0.660. The van der Waals surface area contributed by atoms with Crippen molar-refractivity contribution in [2.24, 2.45) is 0 Å². The van der Waals surface area contributed by atoms with Crippen molar-refractivity contribution in [2.75, 3.05) is 12.4 Å². The lowest BCUT2D eigenvalue weighted by atomic mass is 10.1. The standard InChI is InChI=1S/C15H19Cl2NO/c16-9-10-18(13-6-2-3-7-13)15(19)11-12-5-1-4-8-14(12)17/h1,4-5,8,13H,2-3,6-7,9-11H2. The lowest BCUT2D eigenvalue weighted by molar-refractivity contribution is -0.132. The quantitative estimate of drug-likeness (QED) is 0.755. The molecule has 1 aliphatic carbocycles. The van der Waals surface area contributed by atoms with Gasteiger partial charge in [0.15, 0.2) is 0 Å². The number of hydrogen-bond donors (Lipinski definition) is 0. The SMILES string of the molecule is O=C(Cc1ccccc1Cl)N(CCCl)C1CCCC1. The molecule has 1 fully saturated rings. The predicted octanol–water partition coefficient (Wildman–Crippen LogP) is 3.89. The summed E-state index contributed by atoms with van der Waals surface area (Å²) in [6.07, 6.45) is 5.00. The van der Waals surface area contributed by atoms with E-state index in [1.54, 1.807) is 0 Å². The van der Waals surface area contributed by atoms with E-state index < -0.39 is 0 Å². The Labute approximate surface area is 124 Å². The normalized spacial score (nSPS) is 15.7. The zero-order valence-electron chi connectivity index (χ0n) is 10.9. The van der Waals surface area contributed by atoms with Gasteiger partial charge in [-0.05, 0) is 24.5 Å². The minimum Gasteiger partial charge on any atom is -0.338 e. The molecular weight excluding hydrogens is 281 g/mol. The Kier molecular flexibility index (Phi) is 5.53. The second kappa shape index (κ2) is 7.16. The molecule has 1 aliphatic rings. The third kappa shape index (κ3) is 3.87. The highest BCUT2D eigenvalue weighted by Gasteiger charge is 2.26. The zero-order valence-corrected chi connectivity index (χ0v) is 12.5. The summed E-state index contributed by atoms with van der Waals surface area (Å²) in [4.78, 5) is 14.4. The molecule has 0 saturated heterocycles. The fourth-order valence-electron chi connectivity index (χ4n) is 2.72. The van der Waals surface area contributed by atoms with Crippen molar-refractivity contribution in [1.29, 1.82) is 0 Å². The van der Waals surface area contributed by atoms with Crippen molar-refractivity contribution in [3.63, 3.8) is 0 Å². The number of rotatable bonds is 5. The van der Waals surface area contributed by atoms with Crippen LogP contribution in [-0.4, -0.2) is 29.3 Å². The molecule has 2 rings (SSSR count). The fraction of sp³-hybridized carbons (Fsp3) is 0.533. The van der Waals surface area contributed by atoms with Gasteiger partial charge in [-0.25, -0.2) is 0 Å². The largest absolute Gasteiger partial charge is 0.338 e. The van der Waals surface area contributed by atoms with Gasteiger partial charge >= 0.3 is 0 Å². The topological polar surface area (TPSA) is 20.3 Å². The van der Waals surface area contributed by atoms with E-state index in [1.807, 2.05) is 29.2 Å². The molecule has 0 atom stereocenters. The molecule has 1 saturated carbocycles. The number of amides is 1. The molecule has 1 aromatic carbocycles. The third-order valence-corrected chi connectivity index (χ3v) is 4.25. The van der Waals surface area contributed by atoms with Crippen LogP contribution in [0.2, 0.25) is 5.02 Å². The van der Waals surface area contributed by atoms with Crippen LogP contribution in [0.4, 0.5) is 0 Å². The number of alkyl halides is 1. The highest BCUT2D eigenvalue weighted by Crippen LogP contribution is 2.25. The highest BCUT2D eigenvalue weighted by molar-refractivity contribution is 6.31. The average Bonchev–Trinajstić information content (AvgIpc) is 2.92. The van der Waals surface area contributed by atoms with Gasteiger partial charge < -0.3 is 4.90 Å². The summed E-state index contributed by atoms with van der Waals surface area (Å²) in [6.45, 7) is 0.634. The van der Waals surface area contributed by atoms with E-state index in [0.717, 1.165) is 18.4 Å². The minimum absolute atomic E-state index is 0.139. The molecule has 0 aliphatic heterocycles. The van der Waals surface area contributed by atoms with E-state index in [-0.39, 0.29) is 5.91 Å². The van der Waals surface area contributed by atoms with Crippen molar-refractivity contribution in [3.05, 3.63) is 34.9 Å². The van der Waals surface area contributed by atoms with Gasteiger partial charge in [0.2, 0.25) is 5.91 Å². The van der Waals surface area contributed by atoms with E-state index in [1.165, 1.54) is 12.8 Å². The third-order valence-electron chi connectivity index (χ3n) is 3.71. The Morgan fingerprint density at radius 3 is 2.58 bits per heavy atom. The van der Waals surface area contributed by atoms with E-state index in [0.29, 0.717) is 29.9 Å². The van der Waals surface area contributed by atoms with E-state index in [2.05, 4.69) is 0 Å². The lowest BCUT2D eigenvalue weighted by Crippen LogP contribution is -2.41. The summed E-state index contributed by atoms with van der Waals surface area (Å²) in [5.41, 5.74) is 0.895. The Balaban J connectivity index is 2.05. The van der Waals surface area contributed by atoms with Gasteiger partial charge in [-0.3, -0.25) is 4.79 Å². The van der Waals surface area contributed by atoms with Crippen LogP contribution in [0.15, 0.2) is 24.3 Å². The minimum atomic E-state index is 0.139. The van der Waals surface area contributed by atoms with Gasteiger partial charge in [-0.15, -0.1) is 11.6 Å². The Morgan fingerprint density at radius 2 is 1.95 bits per heavy atom. The van der Waals surface area contributed by atoms with E-state index in [4.69, 9.17) is 23.2 Å². The molecule has 0 bridgehead atoms. The summed E-state index contributed by atoms with van der Waals surface area (Å²) >= 11 is 11.9. The first-order valence-electron chi connectivity index (χ1n) is 6.81. The molecule has 2 nitrogen and oxygen atoms in total. The molecule has 0 spiro atoms. The maximum Gasteiger partial charge on any atom is 0.227 e. The molecule has 1 aromatic rings. The van der Waals surface area contributed by atoms with Gasteiger partial charge in [0.1, 0.15) is 0 Å². The molecular formula is C15H19Cl2NO. The molecule has 0 N–H and O–H groups in total. The van der Waals surface area contributed by atoms with Crippen LogP contribution in [-0.2, 0) is 11.2 Å². The van der Waals surface area contributed by atoms with E-state index in [9.17, 15) is 4.79 Å². The maximum atomic E-state index is 12.5. The Bertz CT molecular complexity index is 430. The maximum absolute atomic E-state index is 12.5. The van der Waals surface area contributed by atoms with Crippen molar-refractivity contribution in [1.82, 2.24) is 4.90 Å². The second-order valence-electron chi connectivity index (χ2n) is 4.98. The number of carbonyl (C=O) groups excluding carboxylic acids is 1. The van der Waals surface area contributed by atoms with Crippen LogP contribution in [0.25, 0.3) is 0 Å². The summed E-state index contributed by atoms with van der Waals surface area (Å²) in [5.74, 6) is 0.630. The molecule has 4 heteroatoms. The monoisotopic (exact) mass is 299 g/mol. The van der Waals surface area contributed by atoms with Crippen LogP contribution in [0, 0.1) is 0 Å². The first-order valence-corrected chi connectivity index (χ1v) is 7.72. The van der Waals surface area contributed by atoms with Gasteiger partial charge in [0.25, 0.3) is 0 Å². The van der Waals surface area contributed by atoms with Crippen molar-refractivity contribution in [3.8, 4) is 0 Å². The number of nitrogens with zero attached hydrogens (tertiary/aromatic N) is 1.